The average Bonchev–Trinajstić information content (AvgIpc) is 2.76. The van der Waals surface area contributed by atoms with Crippen LogP contribution in [0, 0.1) is 5.92 Å². The molecule has 1 fully saturated rings. The van der Waals surface area contributed by atoms with E-state index >= 15 is 0 Å². The molecule has 2 aliphatic rings. The lowest BCUT2D eigenvalue weighted by Crippen LogP contribution is -2.21. The van der Waals surface area contributed by atoms with Crippen molar-refractivity contribution in [1.29, 1.82) is 0 Å². The predicted molar refractivity (Wildman–Crippen MR) is 85.1 cm³/mol. The van der Waals surface area contributed by atoms with E-state index in [-0.39, 0.29) is 6.10 Å². The van der Waals surface area contributed by atoms with Crippen molar-refractivity contribution in [2.45, 2.75) is 58.6 Å². The van der Waals surface area contributed by atoms with Gasteiger partial charge in [-0.3, -0.25) is 0 Å². The van der Waals surface area contributed by atoms with Crippen molar-refractivity contribution >= 4 is 0 Å². The minimum absolute atomic E-state index is 0.288. The highest BCUT2D eigenvalue weighted by Crippen LogP contribution is 2.35. The smallest absolute Gasteiger partial charge is 0.124 e. The molecule has 1 atom stereocenters. The second kappa shape index (κ2) is 6.69. The fourth-order valence-corrected chi connectivity index (χ4v) is 3.22. The first-order chi connectivity index (χ1) is 10.3. The summed E-state index contributed by atoms with van der Waals surface area (Å²) >= 11 is 0. The van der Waals surface area contributed by atoms with Crippen LogP contribution in [0.15, 0.2) is 12.1 Å². The molecule has 116 valence electrons. The SMILES string of the molecule is CCOc1cc2c(cc1CNCCC1CCC1)OC(C)C2. The third-order valence-electron chi connectivity index (χ3n) is 4.65. The lowest BCUT2D eigenvalue weighted by molar-refractivity contribution is 0.254. The molecule has 0 saturated heterocycles. The first-order valence-corrected chi connectivity index (χ1v) is 8.42. The van der Waals surface area contributed by atoms with Crippen molar-refractivity contribution < 1.29 is 9.47 Å². The third-order valence-corrected chi connectivity index (χ3v) is 4.65. The van der Waals surface area contributed by atoms with Crippen LogP contribution < -0.4 is 14.8 Å². The summed E-state index contributed by atoms with van der Waals surface area (Å²) in [6.07, 6.45) is 6.87. The Balaban J connectivity index is 1.60. The molecule has 1 aliphatic carbocycles. The van der Waals surface area contributed by atoms with E-state index in [1.54, 1.807) is 0 Å². The van der Waals surface area contributed by atoms with Gasteiger partial charge in [-0.25, -0.2) is 0 Å². The van der Waals surface area contributed by atoms with E-state index in [2.05, 4.69) is 24.4 Å². The topological polar surface area (TPSA) is 30.5 Å². The van der Waals surface area contributed by atoms with Crippen molar-refractivity contribution in [3.8, 4) is 11.5 Å². The van der Waals surface area contributed by atoms with Gasteiger partial charge in [0.15, 0.2) is 0 Å². The van der Waals surface area contributed by atoms with Crippen molar-refractivity contribution in [2.24, 2.45) is 5.92 Å². The quantitative estimate of drug-likeness (QED) is 0.777. The second-order valence-electron chi connectivity index (χ2n) is 6.40. The van der Waals surface area contributed by atoms with Gasteiger partial charge in [-0.05, 0) is 44.9 Å². The van der Waals surface area contributed by atoms with Crippen molar-refractivity contribution in [2.75, 3.05) is 13.2 Å². The average molecular weight is 289 g/mol. The molecule has 3 rings (SSSR count). The molecule has 1 aromatic rings. The molecular formula is C18H27NO2. The Kier molecular flexibility index (Phi) is 4.69. The van der Waals surface area contributed by atoms with Gasteiger partial charge in [-0.1, -0.05) is 19.3 Å². The van der Waals surface area contributed by atoms with Gasteiger partial charge in [-0.2, -0.15) is 0 Å². The Labute approximate surface area is 128 Å². The van der Waals surface area contributed by atoms with Gasteiger partial charge in [0.2, 0.25) is 0 Å². The summed E-state index contributed by atoms with van der Waals surface area (Å²) in [4.78, 5) is 0. The van der Waals surface area contributed by atoms with Crippen molar-refractivity contribution in [3.05, 3.63) is 23.3 Å². The number of hydrogen-bond acceptors (Lipinski definition) is 3. The van der Waals surface area contributed by atoms with Crippen LogP contribution in [0.2, 0.25) is 0 Å². The van der Waals surface area contributed by atoms with E-state index in [4.69, 9.17) is 9.47 Å². The molecule has 0 radical (unpaired) electrons. The lowest BCUT2D eigenvalue weighted by atomic mass is 9.83. The summed E-state index contributed by atoms with van der Waals surface area (Å²) in [5.41, 5.74) is 2.50. The first kappa shape index (κ1) is 14.7. The second-order valence-corrected chi connectivity index (χ2v) is 6.40. The van der Waals surface area contributed by atoms with E-state index in [0.29, 0.717) is 6.61 Å². The molecule has 0 amide bonds. The monoisotopic (exact) mass is 289 g/mol. The lowest BCUT2D eigenvalue weighted by Gasteiger charge is -2.25. The zero-order valence-corrected chi connectivity index (χ0v) is 13.3. The summed E-state index contributed by atoms with van der Waals surface area (Å²) < 4.78 is 11.7. The molecule has 0 spiro atoms. The van der Waals surface area contributed by atoms with Crippen LogP contribution in [0.5, 0.6) is 11.5 Å². The van der Waals surface area contributed by atoms with Gasteiger partial charge in [0.1, 0.15) is 17.6 Å². The van der Waals surface area contributed by atoms with Crippen LogP contribution >= 0.6 is 0 Å². The van der Waals surface area contributed by atoms with Gasteiger partial charge in [0.05, 0.1) is 6.61 Å². The van der Waals surface area contributed by atoms with Crippen LogP contribution in [0.25, 0.3) is 0 Å². The van der Waals surface area contributed by atoms with Crippen LogP contribution in [0.1, 0.15) is 50.7 Å². The molecule has 1 saturated carbocycles. The van der Waals surface area contributed by atoms with Crippen LogP contribution in [-0.4, -0.2) is 19.3 Å². The fourth-order valence-electron chi connectivity index (χ4n) is 3.22. The molecule has 1 N–H and O–H groups in total. The van der Waals surface area contributed by atoms with Gasteiger partial charge in [-0.15, -0.1) is 0 Å². The molecular weight excluding hydrogens is 262 g/mol. The van der Waals surface area contributed by atoms with Crippen molar-refractivity contribution in [3.63, 3.8) is 0 Å². The van der Waals surface area contributed by atoms with E-state index in [1.165, 1.54) is 36.8 Å². The minimum Gasteiger partial charge on any atom is -0.494 e. The maximum atomic E-state index is 5.87. The van der Waals surface area contributed by atoms with Gasteiger partial charge in [0, 0.05) is 24.1 Å². The minimum atomic E-state index is 0.288. The van der Waals surface area contributed by atoms with Crippen LogP contribution in [-0.2, 0) is 13.0 Å². The molecule has 1 heterocycles. The summed E-state index contributed by atoms with van der Waals surface area (Å²) in [5, 5.41) is 3.57. The van der Waals surface area contributed by atoms with Crippen LogP contribution in [0.3, 0.4) is 0 Å². The molecule has 3 heteroatoms. The molecule has 0 aromatic heterocycles. The number of hydrogen-bond donors (Lipinski definition) is 1. The molecule has 21 heavy (non-hydrogen) atoms. The Hall–Kier alpha value is -1.22. The standard InChI is InChI=1S/C18H27NO2/c1-3-20-17-10-15-9-13(2)21-18(15)11-16(17)12-19-8-7-14-5-4-6-14/h10-11,13-14,19H,3-9,12H2,1-2H3. The molecule has 3 nitrogen and oxygen atoms in total. The van der Waals surface area contributed by atoms with E-state index in [0.717, 1.165) is 36.9 Å². The summed E-state index contributed by atoms with van der Waals surface area (Å²) in [6.45, 7) is 6.85. The summed E-state index contributed by atoms with van der Waals surface area (Å²) in [5.74, 6) is 3.03. The van der Waals surface area contributed by atoms with E-state index < -0.39 is 0 Å². The number of rotatable bonds is 7. The van der Waals surface area contributed by atoms with Gasteiger partial charge >= 0.3 is 0 Å². The van der Waals surface area contributed by atoms with E-state index in [1.807, 2.05) is 6.92 Å². The predicted octanol–water partition coefficient (Wildman–Crippen LogP) is 3.69. The Bertz CT molecular complexity index is 482. The third kappa shape index (κ3) is 3.52. The Morgan fingerprint density at radius 3 is 2.90 bits per heavy atom. The maximum absolute atomic E-state index is 5.87. The summed E-state index contributed by atoms with van der Waals surface area (Å²) in [7, 11) is 0. The highest BCUT2D eigenvalue weighted by molar-refractivity contribution is 5.48. The molecule has 1 aromatic carbocycles. The number of ether oxygens (including phenoxy) is 2. The Morgan fingerprint density at radius 1 is 1.33 bits per heavy atom. The van der Waals surface area contributed by atoms with Gasteiger partial charge < -0.3 is 14.8 Å². The zero-order valence-electron chi connectivity index (χ0n) is 13.3. The maximum Gasteiger partial charge on any atom is 0.124 e. The summed E-state index contributed by atoms with van der Waals surface area (Å²) in [6, 6.07) is 4.34. The number of fused-ring (bicyclic) bond motifs is 1. The Morgan fingerprint density at radius 2 is 2.19 bits per heavy atom. The molecule has 1 unspecified atom stereocenters. The van der Waals surface area contributed by atoms with Crippen LogP contribution in [0.4, 0.5) is 0 Å². The number of benzene rings is 1. The largest absolute Gasteiger partial charge is 0.494 e. The fraction of sp³-hybridized carbons (Fsp3) is 0.667. The number of nitrogens with one attached hydrogen (secondary N) is 1. The first-order valence-electron chi connectivity index (χ1n) is 8.42. The molecule has 0 bridgehead atoms. The molecule has 1 aliphatic heterocycles. The van der Waals surface area contributed by atoms with E-state index in [9.17, 15) is 0 Å². The van der Waals surface area contributed by atoms with Gasteiger partial charge in [0.25, 0.3) is 0 Å². The zero-order chi connectivity index (χ0) is 14.7. The highest BCUT2D eigenvalue weighted by atomic mass is 16.5. The highest BCUT2D eigenvalue weighted by Gasteiger charge is 2.22. The normalized spacial score (nSPS) is 20.8. The van der Waals surface area contributed by atoms with Crippen molar-refractivity contribution in [1.82, 2.24) is 5.32 Å².